The first-order valence-electron chi connectivity index (χ1n) is 7.71. The summed E-state index contributed by atoms with van der Waals surface area (Å²) in [4.78, 5) is 11.0. The Bertz CT molecular complexity index is 399. The predicted octanol–water partition coefficient (Wildman–Crippen LogP) is 2.23. The normalized spacial score (nSPS) is 19.1. The van der Waals surface area contributed by atoms with Crippen LogP contribution in [-0.2, 0) is 0 Å². The number of anilines is 1. The third kappa shape index (κ3) is 4.07. The van der Waals surface area contributed by atoms with E-state index in [2.05, 4.69) is 27.1 Å². The van der Waals surface area contributed by atoms with Gasteiger partial charge in [0.05, 0.1) is 6.61 Å². The van der Waals surface area contributed by atoms with Crippen LogP contribution in [0.2, 0.25) is 0 Å². The van der Waals surface area contributed by atoms with Gasteiger partial charge in [-0.15, -0.1) is 0 Å². The van der Waals surface area contributed by atoms with Crippen molar-refractivity contribution in [1.29, 1.82) is 0 Å². The first-order chi connectivity index (χ1) is 9.85. The minimum absolute atomic E-state index is 0.574. The lowest BCUT2D eigenvalue weighted by Gasteiger charge is -2.36. The summed E-state index contributed by atoms with van der Waals surface area (Å²) in [6.45, 7) is 4.93. The molecule has 0 aliphatic carbocycles. The zero-order chi connectivity index (χ0) is 14.2. The van der Waals surface area contributed by atoms with Crippen molar-refractivity contribution >= 4 is 5.82 Å². The Morgan fingerprint density at radius 2 is 2.30 bits per heavy atom. The van der Waals surface area contributed by atoms with Gasteiger partial charge in [-0.3, -0.25) is 0 Å². The molecule has 2 heterocycles. The quantitative estimate of drug-likeness (QED) is 0.829. The van der Waals surface area contributed by atoms with Crippen molar-refractivity contribution in [3.8, 4) is 5.88 Å². The van der Waals surface area contributed by atoms with E-state index < -0.39 is 0 Å². The summed E-state index contributed by atoms with van der Waals surface area (Å²) in [7, 11) is 2.01. The second-order valence-electron chi connectivity index (χ2n) is 5.30. The van der Waals surface area contributed by atoms with E-state index in [1.165, 1.54) is 19.3 Å². The van der Waals surface area contributed by atoms with Crippen LogP contribution in [0, 0.1) is 0 Å². The highest BCUT2D eigenvalue weighted by molar-refractivity contribution is 5.42. The molecule has 1 aliphatic rings. The van der Waals surface area contributed by atoms with Gasteiger partial charge in [0.1, 0.15) is 12.1 Å². The van der Waals surface area contributed by atoms with E-state index in [0.29, 0.717) is 18.5 Å². The van der Waals surface area contributed by atoms with Crippen LogP contribution in [0.5, 0.6) is 5.88 Å². The van der Waals surface area contributed by atoms with Crippen molar-refractivity contribution in [3.63, 3.8) is 0 Å². The molecule has 1 aliphatic heterocycles. The zero-order valence-electron chi connectivity index (χ0n) is 12.6. The van der Waals surface area contributed by atoms with Crippen LogP contribution in [-0.4, -0.2) is 42.8 Å². The summed E-state index contributed by atoms with van der Waals surface area (Å²) in [5, 5.41) is 3.24. The predicted molar refractivity (Wildman–Crippen MR) is 81.3 cm³/mol. The molecular weight excluding hydrogens is 252 g/mol. The molecule has 1 fully saturated rings. The number of aromatic nitrogens is 2. The molecule has 0 saturated carbocycles. The van der Waals surface area contributed by atoms with Gasteiger partial charge in [-0.1, -0.05) is 6.92 Å². The maximum absolute atomic E-state index is 5.61. The van der Waals surface area contributed by atoms with Crippen LogP contribution in [0.4, 0.5) is 5.82 Å². The molecule has 1 saturated heterocycles. The minimum Gasteiger partial charge on any atom is -0.478 e. The van der Waals surface area contributed by atoms with Crippen molar-refractivity contribution in [2.45, 2.75) is 45.1 Å². The molecular formula is C15H26N4O. The molecule has 5 nitrogen and oxygen atoms in total. The standard InChI is InChI=1S/C15H26N4O/c1-3-10-20-15-11-14(17-12-18-15)19-9-5-4-6-13(19)7-8-16-2/h11-13,16H,3-10H2,1-2H3. The van der Waals surface area contributed by atoms with E-state index in [4.69, 9.17) is 4.74 Å². The fourth-order valence-corrected chi connectivity index (χ4v) is 2.69. The molecule has 1 N–H and O–H groups in total. The minimum atomic E-state index is 0.574. The maximum atomic E-state index is 5.61. The lowest BCUT2D eigenvalue weighted by Crippen LogP contribution is -2.41. The van der Waals surface area contributed by atoms with Crippen LogP contribution >= 0.6 is 0 Å². The second kappa shape index (κ2) is 8.04. The molecule has 112 valence electrons. The third-order valence-corrected chi connectivity index (χ3v) is 3.73. The molecule has 1 atom stereocenters. The van der Waals surface area contributed by atoms with Gasteiger partial charge < -0.3 is 15.0 Å². The van der Waals surface area contributed by atoms with Crippen LogP contribution in [0.3, 0.4) is 0 Å². The van der Waals surface area contributed by atoms with Gasteiger partial charge in [0.2, 0.25) is 5.88 Å². The molecule has 5 heteroatoms. The van der Waals surface area contributed by atoms with Gasteiger partial charge in [-0.25, -0.2) is 9.97 Å². The molecule has 0 bridgehead atoms. The summed E-state index contributed by atoms with van der Waals surface area (Å²) in [6, 6.07) is 2.55. The number of rotatable bonds is 7. The van der Waals surface area contributed by atoms with Gasteiger partial charge in [0.15, 0.2) is 0 Å². The number of nitrogens with one attached hydrogen (secondary N) is 1. The lowest BCUT2D eigenvalue weighted by atomic mass is 9.99. The topological polar surface area (TPSA) is 50.3 Å². The van der Waals surface area contributed by atoms with E-state index in [1.807, 2.05) is 13.1 Å². The van der Waals surface area contributed by atoms with Crippen LogP contribution < -0.4 is 15.0 Å². The Morgan fingerprint density at radius 3 is 3.10 bits per heavy atom. The van der Waals surface area contributed by atoms with Crippen LogP contribution in [0.1, 0.15) is 39.0 Å². The summed E-state index contributed by atoms with van der Waals surface area (Å²) < 4.78 is 5.61. The average molecular weight is 278 g/mol. The SMILES string of the molecule is CCCOc1cc(N2CCCCC2CCNC)ncn1. The van der Waals surface area contributed by atoms with Crippen molar-refractivity contribution in [2.75, 3.05) is 31.6 Å². The van der Waals surface area contributed by atoms with Crippen molar-refractivity contribution in [3.05, 3.63) is 12.4 Å². The molecule has 2 rings (SSSR count). The molecule has 0 aromatic carbocycles. The van der Waals surface area contributed by atoms with Crippen LogP contribution in [0.15, 0.2) is 12.4 Å². The first kappa shape index (κ1) is 15.0. The number of ether oxygens (including phenoxy) is 1. The smallest absolute Gasteiger partial charge is 0.218 e. The molecule has 0 amide bonds. The van der Waals surface area contributed by atoms with E-state index >= 15 is 0 Å². The van der Waals surface area contributed by atoms with Gasteiger partial charge in [-0.2, -0.15) is 0 Å². The van der Waals surface area contributed by atoms with E-state index in [0.717, 1.165) is 31.7 Å². The number of nitrogens with zero attached hydrogens (tertiary/aromatic N) is 3. The first-order valence-corrected chi connectivity index (χ1v) is 7.71. The highest BCUT2D eigenvalue weighted by atomic mass is 16.5. The highest BCUT2D eigenvalue weighted by Gasteiger charge is 2.23. The van der Waals surface area contributed by atoms with Crippen molar-refractivity contribution < 1.29 is 4.74 Å². The summed E-state index contributed by atoms with van der Waals surface area (Å²) in [6.07, 6.45) is 7.57. The molecule has 0 spiro atoms. The molecule has 1 aromatic heterocycles. The van der Waals surface area contributed by atoms with Crippen molar-refractivity contribution in [1.82, 2.24) is 15.3 Å². The molecule has 0 radical (unpaired) electrons. The van der Waals surface area contributed by atoms with Crippen LogP contribution in [0.25, 0.3) is 0 Å². The number of piperidine rings is 1. The Morgan fingerprint density at radius 1 is 1.40 bits per heavy atom. The second-order valence-corrected chi connectivity index (χ2v) is 5.30. The lowest BCUT2D eigenvalue weighted by molar-refractivity contribution is 0.304. The van der Waals surface area contributed by atoms with E-state index in [-0.39, 0.29) is 0 Å². The molecule has 20 heavy (non-hydrogen) atoms. The summed E-state index contributed by atoms with van der Waals surface area (Å²) in [5.41, 5.74) is 0. The van der Waals surface area contributed by atoms with Gasteiger partial charge in [-0.05, 0) is 45.7 Å². The third-order valence-electron chi connectivity index (χ3n) is 3.73. The molecule has 1 aromatic rings. The Kier molecular flexibility index (Phi) is 6.05. The largest absolute Gasteiger partial charge is 0.478 e. The zero-order valence-corrected chi connectivity index (χ0v) is 12.6. The van der Waals surface area contributed by atoms with Crippen molar-refractivity contribution in [2.24, 2.45) is 0 Å². The highest BCUT2D eigenvalue weighted by Crippen LogP contribution is 2.26. The van der Waals surface area contributed by atoms with E-state index in [9.17, 15) is 0 Å². The fraction of sp³-hybridized carbons (Fsp3) is 0.733. The Balaban J connectivity index is 2.06. The monoisotopic (exact) mass is 278 g/mol. The number of hydrogen-bond donors (Lipinski definition) is 1. The van der Waals surface area contributed by atoms with Gasteiger partial charge >= 0.3 is 0 Å². The molecule has 1 unspecified atom stereocenters. The Labute approximate surface area is 121 Å². The van der Waals surface area contributed by atoms with Gasteiger partial charge in [0, 0.05) is 18.7 Å². The Hall–Kier alpha value is -1.36. The maximum Gasteiger partial charge on any atom is 0.218 e. The fourth-order valence-electron chi connectivity index (χ4n) is 2.69. The summed E-state index contributed by atoms with van der Waals surface area (Å²) in [5.74, 6) is 1.70. The number of hydrogen-bond acceptors (Lipinski definition) is 5. The summed E-state index contributed by atoms with van der Waals surface area (Å²) >= 11 is 0. The van der Waals surface area contributed by atoms with E-state index in [1.54, 1.807) is 6.33 Å². The average Bonchev–Trinajstić information content (AvgIpc) is 2.51. The van der Waals surface area contributed by atoms with Gasteiger partial charge in [0.25, 0.3) is 0 Å².